The summed E-state index contributed by atoms with van der Waals surface area (Å²) in [6.07, 6.45) is 6.94. The molecule has 7 heteroatoms. The SMILES string of the molecule is O=C1N[C@H](Cc2cnc[nH]2)C(=O)N1CC(CCN1CCC(c2ccccc2)CC1)c1ccccc1. The predicted octanol–water partition coefficient (Wildman–Crippen LogP) is 3.93. The molecule has 1 aromatic heterocycles. The number of rotatable bonds is 9. The van der Waals surface area contributed by atoms with Gasteiger partial charge in [0.05, 0.1) is 6.33 Å². The topological polar surface area (TPSA) is 81.3 Å². The molecule has 2 aliphatic rings. The summed E-state index contributed by atoms with van der Waals surface area (Å²) in [5.41, 5.74) is 3.45. The molecule has 3 aromatic rings. The summed E-state index contributed by atoms with van der Waals surface area (Å²) in [5.74, 6) is 0.577. The molecule has 1 unspecified atom stereocenters. The maximum absolute atomic E-state index is 13.1. The van der Waals surface area contributed by atoms with Crippen molar-refractivity contribution in [2.24, 2.45) is 0 Å². The molecule has 2 atom stereocenters. The Labute approximate surface area is 206 Å². The Kier molecular flexibility index (Phi) is 7.23. The van der Waals surface area contributed by atoms with Gasteiger partial charge in [0.2, 0.25) is 0 Å². The minimum atomic E-state index is -0.545. The highest BCUT2D eigenvalue weighted by Crippen LogP contribution is 2.29. The molecular weight excluding hydrogens is 438 g/mol. The minimum absolute atomic E-state index is 0.101. The highest BCUT2D eigenvalue weighted by atomic mass is 16.2. The van der Waals surface area contributed by atoms with Gasteiger partial charge in [-0.1, -0.05) is 60.7 Å². The van der Waals surface area contributed by atoms with Gasteiger partial charge < -0.3 is 15.2 Å². The van der Waals surface area contributed by atoms with Crippen molar-refractivity contribution in [2.75, 3.05) is 26.2 Å². The van der Waals surface area contributed by atoms with E-state index in [4.69, 9.17) is 0 Å². The molecule has 35 heavy (non-hydrogen) atoms. The van der Waals surface area contributed by atoms with Crippen LogP contribution in [0.1, 0.15) is 47.9 Å². The van der Waals surface area contributed by atoms with Crippen molar-refractivity contribution in [1.82, 2.24) is 25.1 Å². The molecule has 2 saturated heterocycles. The smallest absolute Gasteiger partial charge is 0.324 e. The van der Waals surface area contributed by atoms with Crippen LogP contribution in [0.25, 0.3) is 0 Å². The second kappa shape index (κ2) is 10.9. The van der Waals surface area contributed by atoms with Crippen LogP contribution in [-0.2, 0) is 11.2 Å². The lowest BCUT2D eigenvalue weighted by atomic mass is 9.89. The first-order valence-corrected chi connectivity index (χ1v) is 12.6. The molecule has 0 radical (unpaired) electrons. The molecule has 0 bridgehead atoms. The average molecular weight is 472 g/mol. The van der Waals surface area contributed by atoms with E-state index in [1.165, 1.54) is 28.9 Å². The number of aromatic amines is 1. The van der Waals surface area contributed by atoms with E-state index in [-0.39, 0.29) is 17.9 Å². The summed E-state index contributed by atoms with van der Waals surface area (Å²) >= 11 is 0. The van der Waals surface area contributed by atoms with Gasteiger partial charge in [-0.2, -0.15) is 0 Å². The Bertz CT molecular complexity index is 1090. The molecule has 2 aliphatic heterocycles. The van der Waals surface area contributed by atoms with Crippen LogP contribution in [-0.4, -0.2) is 63.9 Å². The van der Waals surface area contributed by atoms with Crippen molar-refractivity contribution in [3.8, 4) is 0 Å². The van der Waals surface area contributed by atoms with Crippen molar-refractivity contribution in [3.63, 3.8) is 0 Å². The third-order valence-corrected chi connectivity index (χ3v) is 7.41. The number of hydrogen-bond donors (Lipinski definition) is 2. The molecule has 0 saturated carbocycles. The van der Waals surface area contributed by atoms with Crippen LogP contribution in [0, 0.1) is 0 Å². The van der Waals surface area contributed by atoms with Gasteiger partial charge in [-0.05, 0) is 55.9 Å². The summed E-state index contributed by atoms with van der Waals surface area (Å²) in [4.78, 5) is 36.8. The second-order valence-corrected chi connectivity index (χ2v) is 9.65. The lowest BCUT2D eigenvalue weighted by Gasteiger charge is -2.33. The number of likely N-dealkylation sites (tertiary alicyclic amines) is 1. The number of nitrogens with one attached hydrogen (secondary N) is 2. The van der Waals surface area contributed by atoms with E-state index >= 15 is 0 Å². The fraction of sp³-hybridized carbons (Fsp3) is 0.393. The maximum Gasteiger partial charge on any atom is 0.324 e. The minimum Gasteiger partial charge on any atom is -0.348 e. The van der Waals surface area contributed by atoms with E-state index in [9.17, 15) is 9.59 Å². The van der Waals surface area contributed by atoms with Gasteiger partial charge in [-0.25, -0.2) is 9.78 Å². The number of aromatic nitrogens is 2. The molecule has 2 aromatic carbocycles. The van der Waals surface area contributed by atoms with E-state index in [0.29, 0.717) is 18.9 Å². The molecule has 2 N–H and O–H groups in total. The first-order valence-electron chi connectivity index (χ1n) is 12.6. The molecule has 182 valence electrons. The van der Waals surface area contributed by atoms with Crippen LogP contribution in [0.15, 0.2) is 73.2 Å². The molecule has 3 heterocycles. The van der Waals surface area contributed by atoms with Crippen LogP contribution >= 0.6 is 0 Å². The molecule has 0 aliphatic carbocycles. The van der Waals surface area contributed by atoms with Gasteiger partial charge in [0, 0.05) is 30.8 Å². The number of piperidine rings is 1. The summed E-state index contributed by atoms with van der Waals surface area (Å²) < 4.78 is 0. The average Bonchev–Trinajstić information content (AvgIpc) is 3.51. The lowest BCUT2D eigenvalue weighted by molar-refractivity contribution is -0.127. The van der Waals surface area contributed by atoms with E-state index in [1.807, 2.05) is 18.2 Å². The summed E-state index contributed by atoms with van der Waals surface area (Å²) in [5, 5.41) is 2.85. The van der Waals surface area contributed by atoms with Crippen LogP contribution in [0.5, 0.6) is 0 Å². The third kappa shape index (κ3) is 5.62. The maximum atomic E-state index is 13.1. The van der Waals surface area contributed by atoms with Crippen molar-refractivity contribution in [3.05, 3.63) is 90.0 Å². The fourth-order valence-electron chi connectivity index (χ4n) is 5.37. The van der Waals surface area contributed by atoms with Crippen LogP contribution in [0.2, 0.25) is 0 Å². The largest absolute Gasteiger partial charge is 0.348 e. The lowest BCUT2D eigenvalue weighted by Crippen LogP contribution is -2.38. The molecule has 7 nitrogen and oxygen atoms in total. The number of nitrogens with zero attached hydrogens (tertiary/aromatic N) is 3. The second-order valence-electron chi connectivity index (χ2n) is 9.65. The normalized spacial score (nSPS) is 20.2. The van der Waals surface area contributed by atoms with Gasteiger partial charge >= 0.3 is 6.03 Å². The van der Waals surface area contributed by atoms with Gasteiger partial charge in [-0.3, -0.25) is 9.69 Å². The zero-order chi connectivity index (χ0) is 24.0. The number of benzene rings is 2. The standard InChI is InChI=1S/C28H33N5O2/c34-27-26(17-25-18-29-20-30-25)31-28(35)33(27)19-24(22-9-5-2-6-10-22)13-16-32-14-11-23(12-15-32)21-7-3-1-4-8-21/h1-10,18,20,23-24,26H,11-17,19H2,(H,29,30)(H,31,35)/t24?,26-/m1/s1. The van der Waals surface area contributed by atoms with Crippen molar-refractivity contribution < 1.29 is 9.59 Å². The Morgan fingerprint density at radius 3 is 2.37 bits per heavy atom. The number of imidazole rings is 1. The van der Waals surface area contributed by atoms with Gasteiger partial charge in [-0.15, -0.1) is 0 Å². The zero-order valence-corrected chi connectivity index (χ0v) is 20.0. The highest BCUT2D eigenvalue weighted by Gasteiger charge is 2.39. The number of hydrogen-bond acceptors (Lipinski definition) is 4. The van der Waals surface area contributed by atoms with E-state index in [0.717, 1.165) is 31.7 Å². The monoisotopic (exact) mass is 471 g/mol. The molecule has 3 amide bonds. The molecule has 2 fully saturated rings. The van der Waals surface area contributed by atoms with Gasteiger partial charge in [0.15, 0.2) is 0 Å². The Hall–Kier alpha value is -3.45. The Morgan fingerprint density at radius 2 is 1.69 bits per heavy atom. The summed E-state index contributed by atoms with van der Waals surface area (Å²) in [6.45, 7) is 3.52. The quantitative estimate of drug-likeness (QED) is 0.464. The van der Waals surface area contributed by atoms with Crippen LogP contribution < -0.4 is 5.32 Å². The third-order valence-electron chi connectivity index (χ3n) is 7.41. The van der Waals surface area contributed by atoms with Crippen molar-refractivity contribution >= 4 is 11.9 Å². The fourth-order valence-corrected chi connectivity index (χ4v) is 5.37. The predicted molar refractivity (Wildman–Crippen MR) is 135 cm³/mol. The highest BCUT2D eigenvalue weighted by molar-refractivity contribution is 6.04. The summed E-state index contributed by atoms with van der Waals surface area (Å²) in [6, 6.07) is 20.2. The number of imide groups is 1. The number of urea groups is 1. The van der Waals surface area contributed by atoms with E-state index < -0.39 is 6.04 Å². The zero-order valence-electron chi connectivity index (χ0n) is 20.0. The Morgan fingerprint density at radius 1 is 0.971 bits per heavy atom. The number of carbonyl (C=O) groups excluding carboxylic acids is 2. The summed E-state index contributed by atoms with van der Waals surface area (Å²) in [7, 11) is 0. The van der Waals surface area contributed by atoms with Crippen LogP contribution in [0.4, 0.5) is 4.79 Å². The first kappa shape index (κ1) is 23.3. The van der Waals surface area contributed by atoms with Crippen molar-refractivity contribution in [1.29, 1.82) is 0 Å². The molecule has 0 spiro atoms. The number of carbonyl (C=O) groups is 2. The Balaban J connectivity index is 1.20. The van der Waals surface area contributed by atoms with E-state index in [1.54, 1.807) is 12.5 Å². The van der Waals surface area contributed by atoms with Crippen LogP contribution in [0.3, 0.4) is 0 Å². The van der Waals surface area contributed by atoms with Gasteiger partial charge in [0.1, 0.15) is 6.04 Å². The van der Waals surface area contributed by atoms with E-state index in [2.05, 4.69) is 62.6 Å². The number of H-pyrrole nitrogens is 1. The van der Waals surface area contributed by atoms with Gasteiger partial charge in [0.25, 0.3) is 5.91 Å². The number of amides is 3. The first-order chi connectivity index (χ1) is 17.2. The van der Waals surface area contributed by atoms with Crippen molar-refractivity contribution in [2.45, 2.75) is 43.6 Å². The molecular formula is C28H33N5O2. The molecule has 5 rings (SSSR count).